The van der Waals surface area contributed by atoms with Crippen molar-refractivity contribution in [2.45, 2.75) is 126 Å². The molecular weight excluding hydrogens is 737 g/mol. The zero-order valence-corrected chi connectivity index (χ0v) is 29.7. The van der Waals surface area contributed by atoms with Crippen molar-refractivity contribution in [1.29, 1.82) is 0 Å². The maximum Gasteiger partial charge on any atom is 0.460 e. The number of carbonyl (C=O) groups excluding carboxylic acids is 2. The van der Waals surface area contributed by atoms with Crippen LogP contribution in [0.15, 0.2) is 42.0 Å². The summed E-state index contributed by atoms with van der Waals surface area (Å²) in [5.41, 5.74) is -0.664. The van der Waals surface area contributed by atoms with Crippen LogP contribution in [0.5, 0.6) is 0 Å². The lowest BCUT2D eigenvalue weighted by Gasteiger charge is -2.45. The third-order valence-electron chi connectivity index (χ3n) is 9.39. The third-order valence-corrected chi connectivity index (χ3v) is 15.0. The summed E-state index contributed by atoms with van der Waals surface area (Å²) in [7, 11) is -4.10. The molecule has 1 aliphatic heterocycles. The van der Waals surface area contributed by atoms with Crippen LogP contribution in [0.3, 0.4) is 0 Å². The first-order valence-corrected chi connectivity index (χ1v) is 18.1. The van der Waals surface area contributed by atoms with Crippen LogP contribution in [0.4, 0.5) is 61.9 Å². The third kappa shape index (κ3) is 8.07. The SMILES string of the molecule is C/C=C(\C)[C@H](O[Si](CCC(F)(F)C(F)(F)C(F)(F)C(F)(F)C(F)(F)C(F)(F)F)(C(C)C)C(C)C)[C@@H](C)C(=O)N1C(=O)OC[C@@H]1Cc1ccccc1. The van der Waals surface area contributed by atoms with Gasteiger partial charge in [0.25, 0.3) is 0 Å². The molecule has 1 saturated heterocycles. The van der Waals surface area contributed by atoms with Gasteiger partial charge in [-0.3, -0.25) is 4.79 Å². The van der Waals surface area contributed by atoms with Crippen LogP contribution in [0.25, 0.3) is 0 Å². The molecule has 0 N–H and O–H groups in total. The van der Waals surface area contributed by atoms with Gasteiger partial charge in [0.05, 0.1) is 18.1 Å². The fourth-order valence-electron chi connectivity index (χ4n) is 5.99. The van der Waals surface area contributed by atoms with Crippen molar-refractivity contribution < 1.29 is 75.8 Å². The van der Waals surface area contributed by atoms with E-state index in [1.165, 1.54) is 54.5 Å². The van der Waals surface area contributed by atoms with E-state index in [0.29, 0.717) is 5.57 Å². The highest BCUT2D eigenvalue weighted by molar-refractivity contribution is 6.76. The number of carbonyl (C=O) groups is 2. The summed E-state index contributed by atoms with van der Waals surface area (Å²) in [6.45, 7) is 9.73. The molecule has 1 aromatic carbocycles. The first-order chi connectivity index (χ1) is 23.0. The number of halogens is 13. The lowest BCUT2D eigenvalue weighted by molar-refractivity contribution is -0.440. The average Bonchev–Trinajstić information content (AvgIpc) is 3.38. The van der Waals surface area contributed by atoms with E-state index in [-0.39, 0.29) is 13.0 Å². The predicted molar refractivity (Wildman–Crippen MR) is 162 cm³/mol. The molecule has 3 atom stereocenters. The van der Waals surface area contributed by atoms with Gasteiger partial charge in [-0.05, 0) is 48.5 Å². The molecule has 51 heavy (non-hydrogen) atoms. The predicted octanol–water partition coefficient (Wildman–Crippen LogP) is 10.5. The van der Waals surface area contributed by atoms with E-state index >= 15 is 8.78 Å². The summed E-state index contributed by atoms with van der Waals surface area (Å²) < 4.78 is 192. The minimum Gasteiger partial charge on any atom is -0.447 e. The standard InChI is InChI=1S/C32H40F13NO4Si/c1-8-20(6)24(21(7)25(47)46-23(17-49-26(46)48)16-22-12-10-9-11-13-22)50-51(18(2)3,19(4)5)15-14-27(33,34)28(35,36)29(37,38)30(39,40)31(41,42)32(43,44)45/h8-13,18-19,21,23-24H,14-17H2,1-7H3/b20-8+/t21-,23+,24+/m1/s1. The number of amides is 2. The van der Waals surface area contributed by atoms with Gasteiger partial charge in [0.1, 0.15) is 6.61 Å². The highest BCUT2D eigenvalue weighted by Crippen LogP contribution is 2.61. The van der Waals surface area contributed by atoms with E-state index in [9.17, 15) is 57.9 Å². The molecule has 0 aliphatic carbocycles. The van der Waals surface area contributed by atoms with Crippen molar-refractivity contribution in [2.75, 3.05) is 6.61 Å². The van der Waals surface area contributed by atoms with Crippen molar-refractivity contribution in [1.82, 2.24) is 4.90 Å². The Kier molecular flexibility index (Phi) is 13.3. The Labute approximate surface area is 287 Å². The molecule has 0 spiro atoms. The molecular formula is C32H40F13NO4Si. The van der Waals surface area contributed by atoms with Gasteiger partial charge in [0, 0.05) is 6.42 Å². The molecule has 19 heteroatoms. The van der Waals surface area contributed by atoms with E-state index in [4.69, 9.17) is 9.16 Å². The van der Waals surface area contributed by atoms with E-state index < -0.39 is 97.7 Å². The smallest absolute Gasteiger partial charge is 0.447 e. The molecule has 0 radical (unpaired) electrons. The molecule has 292 valence electrons. The minimum absolute atomic E-state index is 0.168. The second kappa shape index (κ2) is 15.3. The van der Waals surface area contributed by atoms with Gasteiger partial charge in [-0.15, -0.1) is 0 Å². The summed E-state index contributed by atoms with van der Waals surface area (Å²) in [4.78, 5) is 27.4. The lowest BCUT2D eigenvalue weighted by atomic mass is 9.93. The van der Waals surface area contributed by atoms with Gasteiger partial charge < -0.3 is 9.16 Å². The maximum absolute atomic E-state index is 15.0. The number of rotatable bonds is 16. The van der Waals surface area contributed by atoms with Crippen molar-refractivity contribution in [3.63, 3.8) is 0 Å². The van der Waals surface area contributed by atoms with Crippen LogP contribution in [0.2, 0.25) is 17.1 Å². The summed E-state index contributed by atoms with van der Waals surface area (Å²) in [6, 6.07) is 6.70. The largest absolute Gasteiger partial charge is 0.460 e. The Bertz CT molecular complexity index is 1390. The number of allylic oxidation sites excluding steroid dienone is 1. The van der Waals surface area contributed by atoms with Gasteiger partial charge in [-0.2, -0.15) is 57.1 Å². The van der Waals surface area contributed by atoms with Gasteiger partial charge in [-0.1, -0.05) is 71.0 Å². The fraction of sp³-hybridized carbons (Fsp3) is 0.688. The summed E-state index contributed by atoms with van der Waals surface area (Å²) in [5.74, 6) is -39.5. The Hall–Kier alpha value is -2.83. The van der Waals surface area contributed by atoms with Crippen molar-refractivity contribution in [2.24, 2.45) is 5.92 Å². The van der Waals surface area contributed by atoms with Crippen molar-refractivity contribution >= 4 is 20.3 Å². The van der Waals surface area contributed by atoms with Crippen LogP contribution in [0.1, 0.15) is 60.5 Å². The monoisotopic (exact) mass is 777 g/mol. The molecule has 1 fully saturated rings. The van der Waals surface area contributed by atoms with Crippen LogP contribution in [-0.2, 0) is 20.4 Å². The molecule has 1 heterocycles. The summed E-state index contributed by atoms with van der Waals surface area (Å²) in [6.07, 6.45) is -10.6. The molecule has 2 rings (SSSR count). The number of nitrogens with zero attached hydrogens (tertiary/aromatic N) is 1. The topological polar surface area (TPSA) is 55.8 Å². The Balaban J connectivity index is 2.52. The number of cyclic esters (lactones) is 1. The molecule has 5 nitrogen and oxygen atoms in total. The molecule has 0 saturated carbocycles. The zero-order valence-electron chi connectivity index (χ0n) is 28.7. The molecule has 2 amide bonds. The fourth-order valence-corrected chi connectivity index (χ4v) is 10.7. The van der Waals surface area contributed by atoms with Gasteiger partial charge >= 0.3 is 41.9 Å². The Morgan fingerprint density at radius 1 is 0.863 bits per heavy atom. The summed E-state index contributed by atoms with van der Waals surface area (Å²) >= 11 is 0. The van der Waals surface area contributed by atoms with Gasteiger partial charge in [0.2, 0.25) is 5.91 Å². The van der Waals surface area contributed by atoms with E-state index in [0.717, 1.165) is 10.5 Å². The molecule has 0 aromatic heterocycles. The van der Waals surface area contributed by atoms with Crippen molar-refractivity contribution in [3.05, 3.63) is 47.5 Å². The van der Waals surface area contributed by atoms with E-state index in [1.54, 1.807) is 30.3 Å². The van der Waals surface area contributed by atoms with Crippen LogP contribution < -0.4 is 0 Å². The highest BCUT2D eigenvalue weighted by Gasteiger charge is 2.90. The van der Waals surface area contributed by atoms with E-state index in [1.807, 2.05) is 0 Å². The minimum atomic E-state index is -7.99. The van der Waals surface area contributed by atoms with Crippen LogP contribution >= 0.6 is 0 Å². The van der Waals surface area contributed by atoms with Crippen LogP contribution in [0, 0.1) is 5.92 Å². The van der Waals surface area contributed by atoms with Crippen molar-refractivity contribution in [3.8, 4) is 0 Å². The number of alkyl halides is 13. The first-order valence-electron chi connectivity index (χ1n) is 15.8. The number of hydrogen-bond acceptors (Lipinski definition) is 4. The zero-order chi connectivity index (χ0) is 39.8. The number of ether oxygens (including phenoxy) is 1. The highest BCUT2D eigenvalue weighted by atomic mass is 28.4. The quantitative estimate of drug-likeness (QED) is 0.0953. The second-order valence-corrected chi connectivity index (χ2v) is 18.2. The lowest BCUT2D eigenvalue weighted by Crippen LogP contribution is -2.70. The molecule has 1 aliphatic rings. The van der Waals surface area contributed by atoms with E-state index in [2.05, 4.69) is 0 Å². The molecule has 0 bridgehead atoms. The van der Waals surface area contributed by atoms with Gasteiger partial charge in [-0.25, -0.2) is 9.69 Å². The maximum atomic E-state index is 15.0. The number of hydrogen-bond donors (Lipinski definition) is 0. The first kappa shape index (κ1) is 44.3. The normalized spacial score (nSPS) is 18.8. The Morgan fingerprint density at radius 2 is 1.35 bits per heavy atom. The summed E-state index contributed by atoms with van der Waals surface area (Å²) in [5, 5.41) is 0. The van der Waals surface area contributed by atoms with Gasteiger partial charge in [0.15, 0.2) is 8.32 Å². The molecule has 1 aromatic rings. The van der Waals surface area contributed by atoms with Crippen LogP contribution in [-0.4, -0.2) is 79.8 Å². The second-order valence-electron chi connectivity index (χ2n) is 13.3. The number of imide groups is 1. The Morgan fingerprint density at radius 3 is 1.80 bits per heavy atom. The number of benzene rings is 1. The average molecular weight is 778 g/mol. The molecule has 0 unspecified atom stereocenters.